The van der Waals surface area contributed by atoms with Crippen LogP contribution in [0.1, 0.15) is 11.1 Å². The maximum atomic E-state index is 13.5. The van der Waals surface area contributed by atoms with E-state index in [9.17, 15) is 13.2 Å². The van der Waals surface area contributed by atoms with Crippen molar-refractivity contribution < 1.29 is 17.9 Å². The van der Waals surface area contributed by atoms with Crippen molar-refractivity contribution in [1.29, 1.82) is 0 Å². The molecule has 1 heterocycles. The van der Waals surface area contributed by atoms with Gasteiger partial charge in [-0.2, -0.15) is 0 Å². The maximum Gasteiger partial charge on any atom is 0.196 e. The van der Waals surface area contributed by atoms with E-state index < -0.39 is 17.5 Å². The largest absolute Gasteiger partial charge is 0.493 e. The van der Waals surface area contributed by atoms with Crippen LogP contribution in [0.3, 0.4) is 0 Å². The van der Waals surface area contributed by atoms with Crippen LogP contribution in [0.2, 0.25) is 0 Å². The molecule has 104 valence electrons. The average molecular weight is 279 g/mol. The topological polar surface area (TPSA) is 21.3 Å². The number of nitrogens with one attached hydrogen (secondary N) is 1. The molecule has 20 heavy (non-hydrogen) atoms. The minimum Gasteiger partial charge on any atom is -0.493 e. The Kier molecular flexibility index (Phi) is 3.26. The highest BCUT2D eigenvalue weighted by molar-refractivity contribution is 5.47. The molecule has 0 saturated carbocycles. The van der Waals surface area contributed by atoms with Gasteiger partial charge in [0, 0.05) is 13.0 Å². The summed E-state index contributed by atoms with van der Waals surface area (Å²) < 4.78 is 44.8. The van der Waals surface area contributed by atoms with Crippen molar-refractivity contribution in [3.05, 3.63) is 58.9 Å². The molecule has 0 bridgehead atoms. The van der Waals surface area contributed by atoms with Crippen LogP contribution >= 0.6 is 0 Å². The zero-order valence-electron chi connectivity index (χ0n) is 10.6. The molecule has 0 aromatic heterocycles. The van der Waals surface area contributed by atoms with E-state index in [-0.39, 0.29) is 5.69 Å². The van der Waals surface area contributed by atoms with Crippen LogP contribution in [0.5, 0.6) is 5.75 Å². The van der Waals surface area contributed by atoms with Crippen LogP contribution in [0, 0.1) is 17.5 Å². The molecule has 3 rings (SSSR count). The van der Waals surface area contributed by atoms with Crippen LogP contribution < -0.4 is 10.1 Å². The Bertz CT molecular complexity index is 658. The molecule has 1 aliphatic heterocycles. The molecular weight excluding hydrogens is 267 g/mol. The quantitative estimate of drug-likeness (QED) is 0.866. The molecule has 0 unspecified atom stereocenters. The van der Waals surface area contributed by atoms with Gasteiger partial charge in [0.15, 0.2) is 17.5 Å². The Balaban J connectivity index is 1.75. The summed E-state index contributed by atoms with van der Waals surface area (Å²) in [6, 6.07) is 7.77. The summed E-state index contributed by atoms with van der Waals surface area (Å²) >= 11 is 0. The molecule has 0 radical (unpaired) electrons. The lowest BCUT2D eigenvalue weighted by molar-refractivity contribution is 0.357. The number of anilines is 1. The van der Waals surface area contributed by atoms with Crippen molar-refractivity contribution in [1.82, 2.24) is 0 Å². The second kappa shape index (κ2) is 5.07. The van der Waals surface area contributed by atoms with Crippen molar-refractivity contribution in [2.75, 3.05) is 11.9 Å². The smallest absolute Gasteiger partial charge is 0.196 e. The first kappa shape index (κ1) is 12.8. The van der Waals surface area contributed by atoms with Crippen molar-refractivity contribution >= 4 is 5.69 Å². The Hall–Kier alpha value is -2.17. The molecule has 0 saturated heterocycles. The van der Waals surface area contributed by atoms with E-state index in [1.54, 1.807) is 0 Å². The highest BCUT2D eigenvalue weighted by Gasteiger charge is 2.14. The second-order valence-corrected chi connectivity index (χ2v) is 4.62. The van der Waals surface area contributed by atoms with Crippen molar-refractivity contribution in [2.45, 2.75) is 13.0 Å². The summed E-state index contributed by atoms with van der Waals surface area (Å²) in [5.41, 5.74) is 1.98. The first-order valence-electron chi connectivity index (χ1n) is 6.27. The van der Waals surface area contributed by atoms with E-state index in [1.807, 2.05) is 18.2 Å². The maximum absolute atomic E-state index is 13.5. The van der Waals surface area contributed by atoms with Crippen molar-refractivity contribution in [3.63, 3.8) is 0 Å². The van der Waals surface area contributed by atoms with Crippen LogP contribution in [0.25, 0.3) is 0 Å². The van der Waals surface area contributed by atoms with Gasteiger partial charge < -0.3 is 10.1 Å². The fourth-order valence-corrected chi connectivity index (χ4v) is 2.21. The van der Waals surface area contributed by atoms with E-state index in [4.69, 9.17) is 4.74 Å². The lowest BCUT2D eigenvalue weighted by Gasteiger charge is -2.09. The third kappa shape index (κ3) is 2.31. The molecule has 0 atom stereocenters. The van der Waals surface area contributed by atoms with E-state index in [0.717, 1.165) is 29.4 Å². The SMILES string of the molecule is Fc1ccc(NCc2ccc3c(c2)CCO3)c(F)c1F. The molecule has 2 aromatic carbocycles. The molecule has 0 spiro atoms. The van der Waals surface area contributed by atoms with Gasteiger partial charge in [-0.1, -0.05) is 12.1 Å². The lowest BCUT2D eigenvalue weighted by atomic mass is 10.1. The Morgan fingerprint density at radius 3 is 2.75 bits per heavy atom. The summed E-state index contributed by atoms with van der Waals surface area (Å²) in [5, 5.41) is 2.77. The van der Waals surface area contributed by atoms with Gasteiger partial charge in [0.2, 0.25) is 0 Å². The van der Waals surface area contributed by atoms with Crippen LogP contribution in [-0.2, 0) is 13.0 Å². The number of fused-ring (bicyclic) bond motifs is 1. The number of hydrogen-bond acceptors (Lipinski definition) is 2. The lowest BCUT2D eigenvalue weighted by Crippen LogP contribution is -2.04. The molecule has 5 heteroatoms. The third-order valence-corrected chi connectivity index (χ3v) is 3.27. The Morgan fingerprint density at radius 1 is 1.05 bits per heavy atom. The van der Waals surface area contributed by atoms with Gasteiger partial charge in [-0.15, -0.1) is 0 Å². The minimum atomic E-state index is -1.46. The van der Waals surface area contributed by atoms with Gasteiger partial charge in [0.05, 0.1) is 12.3 Å². The normalized spacial score (nSPS) is 12.9. The van der Waals surface area contributed by atoms with E-state index in [0.29, 0.717) is 13.2 Å². The van der Waals surface area contributed by atoms with Gasteiger partial charge in [-0.3, -0.25) is 0 Å². The number of hydrogen-bond donors (Lipinski definition) is 1. The minimum absolute atomic E-state index is 0.0550. The first-order valence-corrected chi connectivity index (χ1v) is 6.27. The fourth-order valence-electron chi connectivity index (χ4n) is 2.21. The summed E-state index contributed by atoms with van der Waals surface area (Å²) in [6.07, 6.45) is 0.850. The molecule has 2 nitrogen and oxygen atoms in total. The number of benzene rings is 2. The van der Waals surface area contributed by atoms with Crippen LogP contribution in [0.4, 0.5) is 18.9 Å². The molecule has 1 aliphatic rings. The second-order valence-electron chi connectivity index (χ2n) is 4.62. The van der Waals surface area contributed by atoms with E-state index in [2.05, 4.69) is 5.32 Å². The van der Waals surface area contributed by atoms with E-state index >= 15 is 0 Å². The molecule has 0 aliphatic carbocycles. The summed E-state index contributed by atoms with van der Waals surface area (Å²) in [7, 11) is 0. The van der Waals surface area contributed by atoms with Gasteiger partial charge >= 0.3 is 0 Å². The van der Waals surface area contributed by atoms with Crippen LogP contribution in [-0.4, -0.2) is 6.61 Å². The molecule has 0 amide bonds. The van der Waals surface area contributed by atoms with Crippen molar-refractivity contribution in [3.8, 4) is 5.75 Å². The molecule has 1 N–H and O–H groups in total. The molecular formula is C15H12F3NO. The predicted octanol–water partition coefficient (Wildman–Crippen LogP) is 3.65. The Morgan fingerprint density at radius 2 is 1.90 bits per heavy atom. The first-order chi connectivity index (χ1) is 9.65. The van der Waals surface area contributed by atoms with Gasteiger partial charge in [0.1, 0.15) is 5.75 Å². The third-order valence-electron chi connectivity index (χ3n) is 3.27. The predicted molar refractivity (Wildman–Crippen MR) is 69.3 cm³/mol. The van der Waals surface area contributed by atoms with Crippen LogP contribution in [0.15, 0.2) is 30.3 Å². The number of halogens is 3. The number of rotatable bonds is 3. The van der Waals surface area contributed by atoms with Crippen molar-refractivity contribution in [2.24, 2.45) is 0 Å². The number of ether oxygens (including phenoxy) is 1. The zero-order chi connectivity index (χ0) is 14.1. The van der Waals surface area contributed by atoms with Gasteiger partial charge in [0.25, 0.3) is 0 Å². The highest BCUT2D eigenvalue weighted by atomic mass is 19.2. The van der Waals surface area contributed by atoms with E-state index in [1.165, 1.54) is 6.07 Å². The van der Waals surface area contributed by atoms with Gasteiger partial charge in [-0.05, 0) is 29.3 Å². The summed E-state index contributed by atoms with van der Waals surface area (Å²) in [5.74, 6) is -2.98. The zero-order valence-corrected chi connectivity index (χ0v) is 10.6. The standard InChI is InChI=1S/C15H12F3NO/c16-11-2-3-12(15(18)14(11)17)19-8-9-1-4-13-10(7-9)5-6-20-13/h1-4,7,19H,5-6,8H2. The average Bonchev–Trinajstić information content (AvgIpc) is 2.91. The van der Waals surface area contributed by atoms with Gasteiger partial charge in [-0.25, -0.2) is 13.2 Å². The Labute approximate surface area is 114 Å². The summed E-state index contributed by atoms with van der Waals surface area (Å²) in [4.78, 5) is 0. The fraction of sp³-hybridized carbons (Fsp3) is 0.200. The summed E-state index contributed by atoms with van der Waals surface area (Å²) in [6.45, 7) is 0.999. The highest BCUT2D eigenvalue weighted by Crippen LogP contribution is 2.26. The molecule has 0 fully saturated rings. The monoisotopic (exact) mass is 279 g/mol. The molecule has 2 aromatic rings.